The zero-order valence-corrected chi connectivity index (χ0v) is 23.0. The maximum absolute atomic E-state index is 13.0. The first kappa shape index (κ1) is 29.5. The van der Waals surface area contributed by atoms with Crippen LogP contribution in [0, 0.1) is 39.3 Å². The fourth-order valence-corrected chi connectivity index (χ4v) is 3.65. The van der Waals surface area contributed by atoms with Crippen LogP contribution in [0.1, 0.15) is 22.3 Å². The quantitative estimate of drug-likeness (QED) is 0.236. The molecule has 4 aromatic carbocycles. The standard InChI is InChI=1S/2C13H12F.2ClH.Hf/c2*1-9-6-7-10(2)13(9)11-4-3-5-12(14)8-11;;;/h2*3-8H,1-2H3;2*1H;/q2*-1;;;+4/p-2. The summed E-state index contributed by atoms with van der Waals surface area (Å²) in [6, 6.07) is 21.7. The predicted octanol–water partition coefficient (Wildman–Crippen LogP) is 1.66. The van der Waals surface area contributed by atoms with E-state index >= 15 is 0 Å². The topological polar surface area (TPSA) is 0 Å². The van der Waals surface area contributed by atoms with Crippen molar-refractivity contribution >= 4 is 0 Å². The number of hydrogen-bond donors (Lipinski definition) is 0. The van der Waals surface area contributed by atoms with Crippen LogP contribution in [-0.2, 0) is 25.8 Å². The van der Waals surface area contributed by atoms with Gasteiger partial charge in [-0.05, 0) is 12.1 Å². The first-order valence-electron chi connectivity index (χ1n) is 9.34. The maximum Gasteiger partial charge on any atom is 4.00 e. The zero-order chi connectivity index (χ0) is 20.3. The summed E-state index contributed by atoms with van der Waals surface area (Å²) < 4.78 is 26.0. The van der Waals surface area contributed by atoms with Gasteiger partial charge in [-0.3, -0.25) is 0 Å². The molecular weight excluding hydrogens is 600 g/mol. The van der Waals surface area contributed by atoms with Crippen LogP contribution in [-0.4, -0.2) is 0 Å². The van der Waals surface area contributed by atoms with Crippen molar-refractivity contribution in [3.63, 3.8) is 0 Å². The van der Waals surface area contributed by atoms with Crippen molar-refractivity contribution in [2.24, 2.45) is 0 Å². The van der Waals surface area contributed by atoms with E-state index < -0.39 is 0 Å². The maximum atomic E-state index is 13.0. The molecule has 0 aliphatic rings. The molecule has 0 atom stereocenters. The number of rotatable bonds is 2. The number of halogens is 4. The van der Waals surface area contributed by atoms with Gasteiger partial charge in [-0.15, -0.1) is 69.8 Å². The second-order valence-corrected chi connectivity index (χ2v) is 7.17. The molecule has 0 N–H and O–H groups in total. The van der Waals surface area contributed by atoms with Crippen LogP contribution < -0.4 is 24.8 Å². The SMILES string of the molecule is Cc1ccc(C)[c-]1-c1cccc(F)c1.Cc1ccc(C)[c-]1-c1cccc(F)c1.[Cl-].[Cl-].[Hf+4]. The van der Waals surface area contributed by atoms with Gasteiger partial charge >= 0.3 is 25.8 Å². The van der Waals surface area contributed by atoms with E-state index in [1.54, 1.807) is 24.3 Å². The van der Waals surface area contributed by atoms with E-state index in [-0.39, 0.29) is 62.3 Å². The van der Waals surface area contributed by atoms with E-state index in [1.165, 1.54) is 34.4 Å². The molecule has 0 fully saturated rings. The third kappa shape index (κ3) is 7.24. The molecule has 0 saturated carbocycles. The summed E-state index contributed by atoms with van der Waals surface area (Å²) in [5.41, 5.74) is 9.05. The molecule has 160 valence electrons. The van der Waals surface area contributed by atoms with Gasteiger partial charge < -0.3 is 24.8 Å². The van der Waals surface area contributed by atoms with Gasteiger partial charge in [0.05, 0.1) is 11.6 Å². The average molecular weight is 624 g/mol. The minimum Gasteiger partial charge on any atom is -1.00 e. The fourth-order valence-electron chi connectivity index (χ4n) is 3.65. The summed E-state index contributed by atoms with van der Waals surface area (Å²) in [5.74, 6) is -0.356. The van der Waals surface area contributed by atoms with Gasteiger partial charge in [-0.1, -0.05) is 63.1 Å². The van der Waals surface area contributed by atoms with Gasteiger partial charge in [0.15, 0.2) is 0 Å². The summed E-state index contributed by atoms with van der Waals surface area (Å²) >= 11 is 0. The van der Waals surface area contributed by atoms with Gasteiger partial charge in [0, 0.05) is 0 Å². The van der Waals surface area contributed by atoms with Crippen LogP contribution in [0.15, 0.2) is 72.8 Å². The monoisotopic (exact) mass is 624 g/mol. The molecule has 0 bridgehead atoms. The molecule has 0 unspecified atom stereocenters. The predicted molar refractivity (Wildman–Crippen MR) is 114 cm³/mol. The van der Waals surface area contributed by atoms with E-state index in [0.29, 0.717) is 0 Å². The van der Waals surface area contributed by atoms with E-state index in [2.05, 4.69) is 24.3 Å². The van der Waals surface area contributed by atoms with Crippen LogP contribution in [0.4, 0.5) is 8.78 Å². The fraction of sp³-hybridized carbons (Fsp3) is 0.154. The van der Waals surface area contributed by atoms with Crippen LogP contribution in [0.25, 0.3) is 22.3 Å². The first-order chi connectivity index (χ1) is 13.4. The Balaban J connectivity index is 0.000000529. The normalized spacial score (nSPS) is 9.48. The number of benzene rings is 2. The molecule has 0 saturated heterocycles. The third-order valence-corrected chi connectivity index (χ3v) is 4.97. The van der Waals surface area contributed by atoms with E-state index in [4.69, 9.17) is 0 Å². The van der Waals surface area contributed by atoms with Crippen LogP contribution in [0.5, 0.6) is 0 Å². The van der Waals surface area contributed by atoms with Crippen molar-refractivity contribution in [1.29, 1.82) is 0 Å². The van der Waals surface area contributed by atoms with Gasteiger partial charge in [-0.25, -0.2) is 8.78 Å². The van der Waals surface area contributed by atoms with E-state index in [9.17, 15) is 8.78 Å². The van der Waals surface area contributed by atoms with E-state index in [1.807, 2.05) is 39.8 Å². The molecule has 0 nitrogen and oxygen atoms in total. The summed E-state index contributed by atoms with van der Waals surface area (Å²) in [5, 5.41) is 0. The molecule has 0 aliphatic carbocycles. The molecule has 4 aromatic rings. The zero-order valence-electron chi connectivity index (χ0n) is 17.9. The van der Waals surface area contributed by atoms with Crippen molar-refractivity contribution < 1.29 is 59.4 Å². The van der Waals surface area contributed by atoms with Crippen molar-refractivity contribution in [1.82, 2.24) is 0 Å². The molecule has 0 heterocycles. The Kier molecular flexibility index (Phi) is 12.4. The molecule has 0 radical (unpaired) electrons. The minimum atomic E-state index is -0.178. The second-order valence-electron chi connectivity index (χ2n) is 7.17. The van der Waals surface area contributed by atoms with Crippen LogP contribution in [0.2, 0.25) is 0 Å². The van der Waals surface area contributed by atoms with Crippen molar-refractivity contribution in [3.05, 3.63) is 107 Å². The minimum absolute atomic E-state index is 0. The Morgan fingerprint density at radius 3 is 1.06 bits per heavy atom. The van der Waals surface area contributed by atoms with Gasteiger partial charge in [0.2, 0.25) is 0 Å². The van der Waals surface area contributed by atoms with Gasteiger partial charge in [-0.2, -0.15) is 0 Å². The summed E-state index contributed by atoms with van der Waals surface area (Å²) in [4.78, 5) is 0. The number of aryl methyl sites for hydroxylation is 4. The first-order valence-corrected chi connectivity index (χ1v) is 9.34. The summed E-state index contributed by atoms with van der Waals surface area (Å²) in [6.45, 7) is 8.20. The second kappa shape index (κ2) is 13.1. The number of hydrogen-bond acceptors (Lipinski definition) is 0. The van der Waals surface area contributed by atoms with Gasteiger partial charge in [0.25, 0.3) is 0 Å². The molecule has 0 amide bonds. The molecule has 0 aliphatic heterocycles. The van der Waals surface area contributed by atoms with Gasteiger partial charge in [0.1, 0.15) is 0 Å². The van der Waals surface area contributed by atoms with Crippen molar-refractivity contribution in [3.8, 4) is 22.3 Å². The summed E-state index contributed by atoms with van der Waals surface area (Å²) in [7, 11) is 0. The summed E-state index contributed by atoms with van der Waals surface area (Å²) in [6.07, 6.45) is 0. The van der Waals surface area contributed by atoms with Crippen molar-refractivity contribution in [2.45, 2.75) is 27.7 Å². The Hall–Kier alpha value is -1.55. The van der Waals surface area contributed by atoms with Crippen LogP contribution >= 0.6 is 0 Å². The van der Waals surface area contributed by atoms with Crippen molar-refractivity contribution in [2.75, 3.05) is 0 Å². The molecule has 5 heteroatoms. The molecule has 0 aromatic heterocycles. The Morgan fingerprint density at radius 2 is 0.806 bits per heavy atom. The average Bonchev–Trinajstić information content (AvgIpc) is 3.16. The molecular formula is C26H24Cl2F2Hf. The molecule has 0 spiro atoms. The Bertz CT molecular complexity index is 970. The largest absolute Gasteiger partial charge is 4.00 e. The molecule has 4 rings (SSSR count). The third-order valence-electron chi connectivity index (χ3n) is 4.97. The van der Waals surface area contributed by atoms with E-state index in [0.717, 1.165) is 22.3 Å². The smallest absolute Gasteiger partial charge is 1.00 e. The molecule has 31 heavy (non-hydrogen) atoms. The van der Waals surface area contributed by atoms with Crippen LogP contribution in [0.3, 0.4) is 0 Å². The Labute approximate surface area is 215 Å². The Morgan fingerprint density at radius 1 is 0.516 bits per heavy atom.